The van der Waals surface area contributed by atoms with Crippen molar-refractivity contribution >= 4 is 23.6 Å². The zero-order valence-electron chi connectivity index (χ0n) is 17.9. The second-order valence-electron chi connectivity index (χ2n) is 7.64. The molecule has 4 amide bonds. The second kappa shape index (κ2) is 9.91. The Labute approximate surface area is 191 Å². The Balaban J connectivity index is 1.30. The van der Waals surface area contributed by atoms with Gasteiger partial charge in [-0.3, -0.25) is 24.1 Å². The average Bonchev–Trinajstić information content (AvgIpc) is 3.08. The second-order valence-corrected chi connectivity index (χ2v) is 7.64. The number of hydrogen-bond acceptors (Lipinski definition) is 4. The van der Waals surface area contributed by atoms with Crippen molar-refractivity contribution in [3.63, 3.8) is 0 Å². The molecule has 0 saturated carbocycles. The summed E-state index contributed by atoms with van der Waals surface area (Å²) in [6.45, 7) is 0.0177. The summed E-state index contributed by atoms with van der Waals surface area (Å²) in [5, 5.41) is 5.51. The summed E-state index contributed by atoms with van der Waals surface area (Å²) >= 11 is 0. The van der Waals surface area contributed by atoms with Gasteiger partial charge < -0.3 is 10.6 Å². The predicted octanol–water partition coefficient (Wildman–Crippen LogP) is 2.35. The fourth-order valence-corrected chi connectivity index (χ4v) is 3.86. The summed E-state index contributed by atoms with van der Waals surface area (Å²) in [6.07, 6.45) is 0. The molecule has 1 heterocycles. The molecule has 0 spiro atoms. The molecule has 3 aromatic carbocycles. The number of benzene rings is 3. The summed E-state index contributed by atoms with van der Waals surface area (Å²) in [7, 11) is 0. The lowest BCUT2D eigenvalue weighted by Crippen LogP contribution is -2.43. The SMILES string of the molecule is O=C(CN1C(=O)c2ccccc2C1=O)NCCNC(=O)C(c1ccccc1)c1ccccc1. The fraction of sp³-hybridized carbons (Fsp3) is 0.154. The molecule has 0 bridgehead atoms. The van der Waals surface area contributed by atoms with Crippen LogP contribution < -0.4 is 10.6 Å². The summed E-state index contributed by atoms with van der Waals surface area (Å²) in [5.41, 5.74) is 2.34. The monoisotopic (exact) mass is 441 g/mol. The lowest BCUT2D eigenvalue weighted by molar-refractivity contribution is -0.123. The van der Waals surface area contributed by atoms with Crippen molar-refractivity contribution in [2.45, 2.75) is 5.92 Å². The first kappa shape index (κ1) is 22.0. The summed E-state index contributed by atoms with van der Waals surface area (Å²) in [6, 6.07) is 25.4. The van der Waals surface area contributed by atoms with Crippen LogP contribution in [-0.4, -0.2) is 48.2 Å². The minimum Gasteiger partial charge on any atom is -0.354 e. The summed E-state index contributed by atoms with van der Waals surface area (Å²) < 4.78 is 0. The van der Waals surface area contributed by atoms with E-state index in [-0.39, 0.29) is 25.5 Å². The number of nitrogens with zero attached hydrogens (tertiary/aromatic N) is 1. The Morgan fingerprint density at radius 1 is 0.667 bits per heavy atom. The molecule has 3 aromatic rings. The molecule has 7 nitrogen and oxygen atoms in total. The minimum atomic E-state index is -0.479. The molecular formula is C26H23N3O4. The molecule has 0 atom stereocenters. The van der Waals surface area contributed by atoms with Crippen molar-refractivity contribution in [1.29, 1.82) is 0 Å². The van der Waals surface area contributed by atoms with E-state index in [0.29, 0.717) is 11.1 Å². The van der Waals surface area contributed by atoms with E-state index in [1.807, 2.05) is 60.7 Å². The molecule has 0 saturated heterocycles. The van der Waals surface area contributed by atoms with Gasteiger partial charge in [0.05, 0.1) is 17.0 Å². The van der Waals surface area contributed by atoms with Gasteiger partial charge in [-0.2, -0.15) is 0 Å². The molecule has 1 aliphatic rings. The van der Waals surface area contributed by atoms with Crippen molar-refractivity contribution in [2.24, 2.45) is 0 Å². The maximum Gasteiger partial charge on any atom is 0.262 e. The third-order valence-corrected chi connectivity index (χ3v) is 5.45. The first-order valence-electron chi connectivity index (χ1n) is 10.7. The first-order valence-corrected chi connectivity index (χ1v) is 10.7. The molecule has 33 heavy (non-hydrogen) atoms. The van der Waals surface area contributed by atoms with Crippen molar-refractivity contribution in [3.8, 4) is 0 Å². The van der Waals surface area contributed by atoms with Gasteiger partial charge in [0.15, 0.2) is 0 Å². The van der Waals surface area contributed by atoms with Gasteiger partial charge in [-0.15, -0.1) is 0 Å². The van der Waals surface area contributed by atoms with E-state index in [2.05, 4.69) is 10.6 Å². The van der Waals surface area contributed by atoms with Crippen LogP contribution in [0.5, 0.6) is 0 Å². The number of fused-ring (bicyclic) bond motifs is 1. The Morgan fingerprint density at radius 3 is 1.64 bits per heavy atom. The van der Waals surface area contributed by atoms with Crippen LogP contribution in [0.4, 0.5) is 0 Å². The molecule has 0 unspecified atom stereocenters. The number of nitrogens with one attached hydrogen (secondary N) is 2. The smallest absolute Gasteiger partial charge is 0.262 e. The maximum absolute atomic E-state index is 13.0. The van der Waals surface area contributed by atoms with Crippen LogP contribution in [-0.2, 0) is 9.59 Å². The Kier molecular flexibility index (Phi) is 6.59. The molecule has 0 radical (unpaired) electrons. The van der Waals surface area contributed by atoms with Crippen molar-refractivity contribution in [2.75, 3.05) is 19.6 Å². The fourth-order valence-electron chi connectivity index (χ4n) is 3.86. The van der Waals surface area contributed by atoms with Crippen LogP contribution in [0.3, 0.4) is 0 Å². The van der Waals surface area contributed by atoms with Crippen LogP contribution in [0, 0.1) is 0 Å². The largest absolute Gasteiger partial charge is 0.354 e. The number of rotatable bonds is 8. The van der Waals surface area contributed by atoms with E-state index >= 15 is 0 Å². The Bertz CT molecular complexity index is 1100. The standard InChI is InChI=1S/C26H23N3O4/c30-22(17-29-25(32)20-13-7-8-14-21(20)26(29)33)27-15-16-28-24(31)23(18-9-3-1-4-10-18)19-11-5-2-6-12-19/h1-14,23H,15-17H2,(H,27,30)(H,28,31). The van der Waals surface area contributed by atoms with E-state index in [1.54, 1.807) is 24.3 Å². The van der Waals surface area contributed by atoms with E-state index in [1.165, 1.54) is 0 Å². The number of amides is 4. The van der Waals surface area contributed by atoms with Crippen LogP contribution in [0.2, 0.25) is 0 Å². The molecule has 2 N–H and O–H groups in total. The zero-order chi connectivity index (χ0) is 23.2. The maximum atomic E-state index is 13.0. The van der Waals surface area contributed by atoms with Crippen LogP contribution in [0.1, 0.15) is 37.8 Å². The van der Waals surface area contributed by atoms with E-state index in [0.717, 1.165) is 16.0 Å². The molecule has 7 heteroatoms. The molecule has 0 fully saturated rings. The number of carbonyl (C=O) groups is 4. The van der Waals surface area contributed by atoms with E-state index < -0.39 is 23.6 Å². The molecular weight excluding hydrogens is 418 g/mol. The minimum absolute atomic E-state index is 0.171. The number of carbonyl (C=O) groups excluding carboxylic acids is 4. The van der Waals surface area contributed by atoms with Gasteiger partial charge in [0, 0.05) is 13.1 Å². The van der Waals surface area contributed by atoms with Gasteiger partial charge in [0.2, 0.25) is 11.8 Å². The van der Waals surface area contributed by atoms with Crippen molar-refractivity contribution in [3.05, 3.63) is 107 Å². The van der Waals surface area contributed by atoms with Gasteiger partial charge >= 0.3 is 0 Å². The molecule has 4 rings (SSSR count). The van der Waals surface area contributed by atoms with Gasteiger partial charge in [-0.25, -0.2) is 0 Å². The third-order valence-electron chi connectivity index (χ3n) is 5.45. The van der Waals surface area contributed by atoms with Crippen molar-refractivity contribution in [1.82, 2.24) is 15.5 Å². The molecule has 1 aliphatic heterocycles. The lowest BCUT2D eigenvalue weighted by atomic mass is 9.90. The Morgan fingerprint density at radius 2 is 1.12 bits per heavy atom. The van der Waals surface area contributed by atoms with E-state index in [4.69, 9.17) is 0 Å². The van der Waals surface area contributed by atoms with Gasteiger partial charge in [-0.05, 0) is 23.3 Å². The highest BCUT2D eigenvalue weighted by atomic mass is 16.2. The van der Waals surface area contributed by atoms with Gasteiger partial charge in [0.1, 0.15) is 6.54 Å². The predicted molar refractivity (Wildman–Crippen MR) is 123 cm³/mol. The topological polar surface area (TPSA) is 95.6 Å². The molecule has 0 aliphatic carbocycles. The highest BCUT2D eigenvalue weighted by Gasteiger charge is 2.36. The van der Waals surface area contributed by atoms with Crippen LogP contribution in [0.15, 0.2) is 84.9 Å². The Hall–Kier alpha value is -4.26. The molecule has 166 valence electrons. The normalized spacial score (nSPS) is 12.6. The zero-order valence-corrected chi connectivity index (χ0v) is 17.9. The first-order chi connectivity index (χ1) is 16.1. The lowest BCUT2D eigenvalue weighted by Gasteiger charge is -2.18. The average molecular weight is 441 g/mol. The highest BCUT2D eigenvalue weighted by Crippen LogP contribution is 2.24. The molecule has 0 aromatic heterocycles. The number of imide groups is 1. The highest BCUT2D eigenvalue weighted by molar-refractivity contribution is 6.22. The van der Waals surface area contributed by atoms with Gasteiger partial charge in [0.25, 0.3) is 11.8 Å². The summed E-state index contributed by atoms with van der Waals surface area (Å²) in [5.74, 6) is -2.08. The van der Waals surface area contributed by atoms with Crippen LogP contribution >= 0.6 is 0 Å². The number of hydrogen-bond donors (Lipinski definition) is 2. The van der Waals surface area contributed by atoms with Crippen LogP contribution in [0.25, 0.3) is 0 Å². The van der Waals surface area contributed by atoms with E-state index in [9.17, 15) is 19.2 Å². The summed E-state index contributed by atoms with van der Waals surface area (Å²) in [4.78, 5) is 50.9. The van der Waals surface area contributed by atoms with Crippen molar-refractivity contribution < 1.29 is 19.2 Å². The quantitative estimate of drug-likeness (QED) is 0.414. The third kappa shape index (κ3) is 4.82. The van der Waals surface area contributed by atoms with Gasteiger partial charge in [-0.1, -0.05) is 72.8 Å².